The molecule has 0 aromatic heterocycles. The lowest BCUT2D eigenvalue weighted by molar-refractivity contribution is -0.139. The van der Waals surface area contributed by atoms with E-state index in [9.17, 15) is 9.59 Å². The number of rotatable bonds is 10. The fourth-order valence-corrected chi connectivity index (χ4v) is 2.97. The summed E-state index contributed by atoms with van der Waals surface area (Å²) in [5, 5.41) is 14.6. The molecule has 1 aliphatic rings. The van der Waals surface area contributed by atoms with Crippen molar-refractivity contribution < 1.29 is 14.7 Å². The van der Waals surface area contributed by atoms with Gasteiger partial charge in [-0.1, -0.05) is 45.4 Å². The van der Waals surface area contributed by atoms with Gasteiger partial charge in [-0.2, -0.15) is 0 Å². The van der Waals surface area contributed by atoms with Crippen LogP contribution in [0.5, 0.6) is 0 Å². The summed E-state index contributed by atoms with van der Waals surface area (Å²) in [5.74, 6) is -0.155. The molecule has 0 spiro atoms. The molecule has 3 N–H and O–H groups in total. The number of carbonyl (C=O) groups is 2. The predicted molar refractivity (Wildman–Crippen MR) is 90.4 cm³/mol. The summed E-state index contributed by atoms with van der Waals surface area (Å²) in [6, 6.07) is -0.622. The van der Waals surface area contributed by atoms with Gasteiger partial charge in [0.15, 0.2) is 0 Å². The number of hydrogen-bond donors (Lipinski definition) is 3. The highest BCUT2D eigenvalue weighted by Crippen LogP contribution is 2.26. The van der Waals surface area contributed by atoms with E-state index in [0.29, 0.717) is 13.0 Å². The van der Waals surface area contributed by atoms with Gasteiger partial charge in [0.05, 0.1) is 6.54 Å². The number of nitrogens with one attached hydrogen (secondary N) is 2. The lowest BCUT2D eigenvalue weighted by atomic mass is 9.86. The van der Waals surface area contributed by atoms with Crippen molar-refractivity contribution in [3.8, 4) is 0 Å². The Kier molecular flexibility index (Phi) is 12.2. The van der Waals surface area contributed by atoms with Crippen molar-refractivity contribution >= 4 is 24.3 Å². The number of carboxylic acid groups (broad SMARTS) is 1. The zero-order chi connectivity index (χ0) is 15.5. The van der Waals surface area contributed by atoms with E-state index in [1.807, 2.05) is 6.92 Å². The average molecular weight is 335 g/mol. The molecule has 0 bridgehead atoms. The highest BCUT2D eigenvalue weighted by Gasteiger charge is 2.16. The van der Waals surface area contributed by atoms with Crippen molar-refractivity contribution in [1.29, 1.82) is 0 Å². The Morgan fingerprint density at radius 1 is 1.23 bits per heavy atom. The first kappa shape index (κ1) is 21.2. The Hall–Kier alpha value is -0.810. The van der Waals surface area contributed by atoms with Crippen LogP contribution in [0.1, 0.15) is 64.7 Å². The molecule has 5 nitrogen and oxygen atoms in total. The molecule has 0 aromatic carbocycles. The maximum Gasteiger partial charge on any atom is 0.320 e. The Morgan fingerprint density at radius 2 is 1.91 bits per heavy atom. The van der Waals surface area contributed by atoms with Crippen LogP contribution in [-0.2, 0) is 9.59 Å². The Morgan fingerprint density at radius 3 is 2.50 bits per heavy atom. The van der Waals surface area contributed by atoms with E-state index in [-0.39, 0.29) is 24.9 Å². The van der Waals surface area contributed by atoms with Crippen LogP contribution in [0.15, 0.2) is 0 Å². The summed E-state index contributed by atoms with van der Waals surface area (Å²) >= 11 is 0. The maximum atomic E-state index is 11.7. The van der Waals surface area contributed by atoms with Crippen molar-refractivity contribution in [2.24, 2.45) is 5.92 Å². The Balaban J connectivity index is 0.00000441. The van der Waals surface area contributed by atoms with E-state index in [1.54, 1.807) is 0 Å². The first-order valence-electron chi connectivity index (χ1n) is 8.36. The number of carbonyl (C=O) groups excluding carboxylic acids is 1. The summed E-state index contributed by atoms with van der Waals surface area (Å²) in [4.78, 5) is 22.6. The first-order valence-corrected chi connectivity index (χ1v) is 8.36. The van der Waals surface area contributed by atoms with Gasteiger partial charge in [-0.05, 0) is 25.2 Å². The molecule has 0 heterocycles. The van der Waals surface area contributed by atoms with E-state index >= 15 is 0 Å². The van der Waals surface area contributed by atoms with Gasteiger partial charge in [-0.3, -0.25) is 14.9 Å². The molecular weight excluding hydrogens is 304 g/mol. The van der Waals surface area contributed by atoms with Gasteiger partial charge in [-0.25, -0.2) is 0 Å². The smallest absolute Gasteiger partial charge is 0.320 e. The topological polar surface area (TPSA) is 78.4 Å². The largest absolute Gasteiger partial charge is 0.480 e. The van der Waals surface area contributed by atoms with Crippen LogP contribution < -0.4 is 10.6 Å². The molecule has 0 saturated heterocycles. The van der Waals surface area contributed by atoms with Crippen molar-refractivity contribution in [3.05, 3.63) is 0 Å². The predicted octanol–water partition coefficient (Wildman–Crippen LogP) is 2.73. The zero-order valence-electron chi connectivity index (χ0n) is 13.6. The van der Waals surface area contributed by atoms with Crippen molar-refractivity contribution in [1.82, 2.24) is 10.6 Å². The Labute approximate surface area is 140 Å². The van der Waals surface area contributed by atoms with Crippen LogP contribution in [-0.4, -0.2) is 36.1 Å². The summed E-state index contributed by atoms with van der Waals surface area (Å²) in [5.41, 5.74) is 0. The standard InChI is InChI=1S/C16H30N2O3.ClH/c1-2-7-14(16(20)21)18-12-15(19)17-11-6-10-13-8-4-3-5-9-13;/h13-14,18H,2-12H2,1H3,(H,17,19)(H,20,21);1H. The molecule has 0 aliphatic heterocycles. The molecule has 130 valence electrons. The quantitative estimate of drug-likeness (QED) is 0.537. The molecule has 1 rings (SSSR count). The van der Waals surface area contributed by atoms with Gasteiger partial charge in [0.2, 0.25) is 5.91 Å². The molecule has 1 atom stereocenters. The zero-order valence-corrected chi connectivity index (χ0v) is 14.4. The minimum atomic E-state index is -0.887. The van der Waals surface area contributed by atoms with E-state index < -0.39 is 12.0 Å². The van der Waals surface area contributed by atoms with E-state index in [4.69, 9.17) is 5.11 Å². The number of hydrogen-bond acceptors (Lipinski definition) is 3. The normalized spacial score (nSPS) is 16.6. The summed E-state index contributed by atoms with van der Waals surface area (Å²) in [7, 11) is 0. The highest BCUT2D eigenvalue weighted by molar-refractivity contribution is 5.85. The van der Waals surface area contributed by atoms with Gasteiger partial charge >= 0.3 is 5.97 Å². The van der Waals surface area contributed by atoms with Gasteiger partial charge < -0.3 is 10.4 Å². The van der Waals surface area contributed by atoms with E-state index in [1.165, 1.54) is 38.5 Å². The molecule has 1 saturated carbocycles. The molecule has 1 fully saturated rings. The minimum Gasteiger partial charge on any atom is -0.480 e. The number of halogens is 1. The van der Waals surface area contributed by atoms with E-state index in [0.717, 1.165) is 18.8 Å². The molecular formula is C16H31ClN2O3. The third kappa shape index (κ3) is 9.26. The lowest BCUT2D eigenvalue weighted by Crippen LogP contribution is -2.43. The van der Waals surface area contributed by atoms with Gasteiger partial charge in [-0.15, -0.1) is 12.4 Å². The fourth-order valence-electron chi connectivity index (χ4n) is 2.97. The molecule has 6 heteroatoms. The van der Waals surface area contributed by atoms with Crippen LogP contribution in [0.4, 0.5) is 0 Å². The highest BCUT2D eigenvalue weighted by atomic mass is 35.5. The lowest BCUT2D eigenvalue weighted by Gasteiger charge is -2.21. The van der Waals surface area contributed by atoms with Crippen LogP contribution in [0.2, 0.25) is 0 Å². The summed E-state index contributed by atoms with van der Waals surface area (Å²) < 4.78 is 0. The number of carboxylic acids is 1. The van der Waals surface area contributed by atoms with Gasteiger partial charge in [0.1, 0.15) is 6.04 Å². The number of amides is 1. The monoisotopic (exact) mass is 334 g/mol. The van der Waals surface area contributed by atoms with Crippen molar-refractivity contribution in [2.75, 3.05) is 13.1 Å². The SMILES string of the molecule is CCCC(NCC(=O)NCCCC1CCCCC1)C(=O)O.Cl. The molecule has 22 heavy (non-hydrogen) atoms. The second-order valence-electron chi connectivity index (χ2n) is 6.06. The average Bonchev–Trinajstić information content (AvgIpc) is 2.48. The third-order valence-electron chi connectivity index (χ3n) is 4.22. The van der Waals surface area contributed by atoms with Crippen LogP contribution in [0.3, 0.4) is 0 Å². The van der Waals surface area contributed by atoms with E-state index in [2.05, 4.69) is 10.6 Å². The molecule has 1 amide bonds. The molecule has 0 aromatic rings. The molecule has 0 radical (unpaired) electrons. The first-order chi connectivity index (χ1) is 10.1. The second-order valence-corrected chi connectivity index (χ2v) is 6.06. The third-order valence-corrected chi connectivity index (χ3v) is 4.22. The Bertz CT molecular complexity index is 321. The van der Waals surface area contributed by atoms with Crippen molar-refractivity contribution in [2.45, 2.75) is 70.8 Å². The summed E-state index contributed by atoms with van der Waals surface area (Å²) in [6.45, 7) is 2.71. The minimum absolute atomic E-state index is 0. The maximum absolute atomic E-state index is 11.7. The van der Waals surface area contributed by atoms with Crippen LogP contribution in [0, 0.1) is 5.92 Å². The molecule has 1 aliphatic carbocycles. The van der Waals surface area contributed by atoms with Crippen molar-refractivity contribution in [3.63, 3.8) is 0 Å². The summed E-state index contributed by atoms with van der Waals surface area (Å²) in [6.07, 6.45) is 10.3. The van der Waals surface area contributed by atoms with Gasteiger partial charge in [0.25, 0.3) is 0 Å². The van der Waals surface area contributed by atoms with Crippen LogP contribution >= 0.6 is 12.4 Å². The van der Waals surface area contributed by atoms with Crippen LogP contribution in [0.25, 0.3) is 0 Å². The van der Waals surface area contributed by atoms with Gasteiger partial charge in [0, 0.05) is 6.54 Å². The number of aliphatic carboxylic acids is 1. The second kappa shape index (κ2) is 12.7. The molecule has 1 unspecified atom stereocenters. The fraction of sp³-hybridized carbons (Fsp3) is 0.875.